The SMILES string of the molecule is CN(C)c1ncccc1C(=O)NCCc1nc2ccccc2[nH]1. The number of nitrogens with zero attached hydrogens (tertiary/aromatic N) is 3. The van der Waals surface area contributed by atoms with Crippen molar-refractivity contribution in [1.82, 2.24) is 20.3 Å². The summed E-state index contributed by atoms with van der Waals surface area (Å²) < 4.78 is 0. The van der Waals surface area contributed by atoms with Gasteiger partial charge in [-0.2, -0.15) is 0 Å². The molecule has 0 radical (unpaired) electrons. The molecular weight excluding hydrogens is 290 g/mol. The Morgan fingerprint density at radius 2 is 2.04 bits per heavy atom. The third-order valence-corrected chi connectivity index (χ3v) is 3.54. The Morgan fingerprint density at radius 3 is 2.83 bits per heavy atom. The zero-order valence-corrected chi connectivity index (χ0v) is 13.2. The number of pyridine rings is 1. The number of carbonyl (C=O) groups excluding carboxylic acids is 1. The summed E-state index contributed by atoms with van der Waals surface area (Å²) in [4.78, 5) is 26.1. The third kappa shape index (κ3) is 3.31. The van der Waals surface area contributed by atoms with Gasteiger partial charge < -0.3 is 15.2 Å². The fourth-order valence-electron chi connectivity index (χ4n) is 2.44. The van der Waals surface area contributed by atoms with Crippen LogP contribution in [0.5, 0.6) is 0 Å². The second-order valence-corrected chi connectivity index (χ2v) is 5.48. The quantitative estimate of drug-likeness (QED) is 0.756. The Balaban J connectivity index is 1.63. The number of aromatic nitrogens is 3. The zero-order chi connectivity index (χ0) is 16.2. The minimum absolute atomic E-state index is 0.127. The minimum atomic E-state index is -0.127. The normalized spacial score (nSPS) is 10.7. The Bertz CT molecular complexity index is 791. The molecule has 2 heterocycles. The molecule has 6 heteroatoms. The van der Waals surface area contributed by atoms with Crippen LogP contribution >= 0.6 is 0 Å². The minimum Gasteiger partial charge on any atom is -0.362 e. The van der Waals surface area contributed by atoms with Gasteiger partial charge in [-0.05, 0) is 24.3 Å². The number of rotatable bonds is 5. The van der Waals surface area contributed by atoms with E-state index in [0.717, 1.165) is 16.9 Å². The predicted molar refractivity (Wildman–Crippen MR) is 90.7 cm³/mol. The first-order valence-corrected chi connectivity index (χ1v) is 7.49. The molecule has 0 spiro atoms. The number of aromatic amines is 1. The number of benzene rings is 1. The number of imidazole rings is 1. The monoisotopic (exact) mass is 309 g/mol. The van der Waals surface area contributed by atoms with Gasteiger partial charge in [0.2, 0.25) is 0 Å². The number of para-hydroxylation sites is 2. The lowest BCUT2D eigenvalue weighted by atomic mass is 10.2. The van der Waals surface area contributed by atoms with Crippen LogP contribution in [-0.4, -0.2) is 41.5 Å². The van der Waals surface area contributed by atoms with Gasteiger partial charge in [0, 0.05) is 33.3 Å². The summed E-state index contributed by atoms with van der Waals surface area (Å²) in [5.41, 5.74) is 2.52. The second kappa shape index (κ2) is 6.48. The van der Waals surface area contributed by atoms with Crippen LogP contribution in [0.25, 0.3) is 11.0 Å². The van der Waals surface area contributed by atoms with Crippen LogP contribution in [0.2, 0.25) is 0 Å². The predicted octanol–water partition coefficient (Wildman–Crippen LogP) is 2.00. The molecule has 2 N–H and O–H groups in total. The highest BCUT2D eigenvalue weighted by atomic mass is 16.1. The summed E-state index contributed by atoms with van der Waals surface area (Å²) in [5, 5.41) is 2.92. The lowest BCUT2D eigenvalue weighted by Crippen LogP contribution is -2.28. The van der Waals surface area contributed by atoms with E-state index in [0.29, 0.717) is 24.3 Å². The fourth-order valence-corrected chi connectivity index (χ4v) is 2.44. The van der Waals surface area contributed by atoms with Crippen molar-refractivity contribution >= 4 is 22.8 Å². The molecular formula is C17H19N5O. The molecule has 0 unspecified atom stereocenters. The van der Waals surface area contributed by atoms with E-state index in [9.17, 15) is 4.79 Å². The van der Waals surface area contributed by atoms with Crippen molar-refractivity contribution in [2.24, 2.45) is 0 Å². The summed E-state index contributed by atoms with van der Waals surface area (Å²) >= 11 is 0. The number of nitrogens with one attached hydrogen (secondary N) is 2. The molecule has 1 amide bonds. The summed E-state index contributed by atoms with van der Waals surface area (Å²) in [6.07, 6.45) is 2.33. The Morgan fingerprint density at radius 1 is 1.22 bits per heavy atom. The van der Waals surface area contributed by atoms with Gasteiger partial charge in [0.05, 0.1) is 16.6 Å². The van der Waals surface area contributed by atoms with Gasteiger partial charge in [-0.25, -0.2) is 9.97 Å². The number of carbonyl (C=O) groups is 1. The molecule has 3 aromatic rings. The molecule has 23 heavy (non-hydrogen) atoms. The average molecular weight is 309 g/mol. The second-order valence-electron chi connectivity index (χ2n) is 5.48. The topological polar surface area (TPSA) is 73.9 Å². The van der Waals surface area contributed by atoms with Gasteiger partial charge in [-0.3, -0.25) is 4.79 Å². The van der Waals surface area contributed by atoms with Gasteiger partial charge in [-0.15, -0.1) is 0 Å². The highest BCUT2D eigenvalue weighted by Gasteiger charge is 2.13. The molecule has 1 aromatic carbocycles. The van der Waals surface area contributed by atoms with Crippen LogP contribution in [0.15, 0.2) is 42.6 Å². The molecule has 0 aliphatic heterocycles. The summed E-state index contributed by atoms with van der Waals surface area (Å²) in [6.45, 7) is 0.514. The molecule has 0 aliphatic carbocycles. The van der Waals surface area contributed by atoms with E-state index in [1.807, 2.05) is 43.3 Å². The molecule has 0 saturated carbocycles. The maximum absolute atomic E-state index is 12.3. The van der Waals surface area contributed by atoms with Gasteiger partial charge in [0.15, 0.2) is 0 Å². The molecule has 0 fully saturated rings. The highest BCUT2D eigenvalue weighted by Crippen LogP contribution is 2.14. The van der Waals surface area contributed by atoms with E-state index >= 15 is 0 Å². The van der Waals surface area contributed by atoms with Crippen molar-refractivity contribution in [2.75, 3.05) is 25.5 Å². The van der Waals surface area contributed by atoms with E-state index in [-0.39, 0.29) is 5.91 Å². The summed E-state index contributed by atoms with van der Waals surface area (Å²) in [5.74, 6) is 1.40. The average Bonchev–Trinajstić information content (AvgIpc) is 2.97. The van der Waals surface area contributed by atoms with Crippen molar-refractivity contribution in [3.05, 3.63) is 54.0 Å². The lowest BCUT2D eigenvalue weighted by molar-refractivity contribution is 0.0954. The van der Waals surface area contributed by atoms with Crippen molar-refractivity contribution in [1.29, 1.82) is 0 Å². The van der Waals surface area contributed by atoms with Crippen molar-refractivity contribution < 1.29 is 4.79 Å². The maximum Gasteiger partial charge on any atom is 0.255 e. The summed E-state index contributed by atoms with van der Waals surface area (Å²) in [6, 6.07) is 11.4. The molecule has 6 nitrogen and oxygen atoms in total. The standard InChI is InChI=1S/C17H19N5O/c1-22(2)16-12(6-5-10-18-16)17(23)19-11-9-15-20-13-7-3-4-8-14(13)21-15/h3-8,10H,9,11H2,1-2H3,(H,19,23)(H,20,21). The Kier molecular flexibility index (Phi) is 4.23. The van der Waals surface area contributed by atoms with Crippen molar-refractivity contribution in [3.63, 3.8) is 0 Å². The number of anilines is 1. The first-order valence-electron chi connectivity index (χ1n) is 7.49. The highest BCUT2D eigenvalue weighted by molar-refractivity contribution is 5.98. The van der Waals surface area contributed by atoms with Crippen LogP contribution in [0, 0.1) is 0 Å². The van der Waals surface area contributed by atoms with Crippen LogP contribution in [0.1, 0.15) is 16.2 Å². The maximum atomic E-state index is 12.3. The Labute approximate surface area is 134 Å². The van der Waals surface area contributed by atoms with Crippen molar-refractivity contribution in [2.45, 2.75) is 6.42 Å². The van der Waals surface area contributed by atoms with Crippen LogP contribution in [0.4, 0.5) is 5.82 Å². The van der Waals surface area contributed by atoms with Gasteiger partial charge in [-0.1, -0.05) is 12.1 Å². The van der Waals surface area contributed by atoms with E-state index in [2.05, 4.69) is 20.3 Å². The zero-order valence-electron chi connectivity index (χ0n) is 13.2. The number of fused-ring (bicyclic) bond motifs is 1. The molecule has 0 aliphatic rings. The number of hydrogen-bond acceptors (Lipinski definition) is 4. The molecule has 3 rings (SSSR count). The number of H-pyrrole nitrogens is 1. The summed E-state index contributed by atoms with van der Waals surface area (Å²) in [7, 11) is 3.74. The van der Waals surface area contributed by atoms with Crippen LogP contribution in [0.3, 0.4) is 0 Å². The van der Waals surface area contributed by atoms with Gasteiger partial charge in [0.25, 0.3) is 5.91 Å². The molecule has 118 valence electrons. The van der Waals surface area contributed by atoms with Gasteiger partial charge >= 0.3 is 0 Å². The smallest absolute Gasteiger partial charge is 0.255 e. The van der Waals surface area contributed by atoms with Crippen molar-refractivity contribution in [3.8, 4) is 0 Å². The van der Waals surface area contributed by atoms with E-state index in [1.54, 1.807) is 18.3 Å². The fraction of sp³-hybridized carbons (Fsp3) is 0.235. The molecule has 0 bridgehead atoms. The molecule has 0 saturated heterocycles. The first-order chi connectivity index (χ1) is 11.1. The van der Waals surface area contributed by atoms with E-state index in [4.69, 9.17) is 0 Å². The third-order valence-electron chi connectivity index (χ3n) is 3.54. The molecule has 2 aromatic heterocycles. The molecule has 0 atom stereocenters. The largest absolute Gasteiger partial charge is 0.362 e. The Hall–Kier alpha value is -2.89. The first kappa shape index (κ1) is 15.0. The van der Waals surface area contributed by atoms with Crippen LogP contribution in [-0.2, 0) is 6.42 Å². The number of amides is 1. The van der Waals surface area contributed by atoms with E-state index in [1.165, 1.54) is 0 Å². The van der Waals surface area contributed by atoms with Crippen LogP contribution < -0.4 is 10.2 Å². The van der Waals surface area contributed by atoms with Gasteiger partial charge in [0.1, 0.15) is 11.6 Å². The lowest BCUT2D eigenvalue weighted by Gasteiger charge is -2.15. The van der Waals surface area contributed by atoms with E-state index < -0.39 is 0 Å². The number of hydrogen-bond donors (Lipinski definition) is 2.